The zero-order chi connectivity index (χ0) is 28.8. The molecule has 41 heavy (non-hydrogen) atoms. The number of carbonyl (C=O) groups is 2. The number of rotatable bonds is 2. The number of ether oxygens (including phenoxy) is 3. The Morgan fingerprint density at radius 2 is 1.44 bits per heavy atom. The summed E-state index contributed by atoms with van der Waals surface area (Å²) in [6.45, 7) is 0. The van der Waals surface area contributed by atoms with Crippen molar-refractivity contribution in [3.05, 3.63) is 77.4 Å². The molecule has 0 radical (unpaired) electrons. The number of phenolic OH excluding ortho intramolecular Hbond substituents is 4. The van der Waals surface area contributed by atoms with Crippen LogP contribution < -0.4 is 4.74 Å². The number of aliphatic hydroxyl groups excluding tert-OH is 1. The summed E-state index contributed by atoms with van der Waals surface area (Å²) in [6.07, 6.45) is -6.43. The Bertz CT molecular complexity index is 1570. The molecule has 3 heterocycles. The van der Waals surface area contributed by atoms with Crippen LogP contribution in [0.25, 0.3) is 0 Å². The first-order valence-electron chi connectivity index (χ1n) is 13.2. The van der Waals surface area contributed by atoms with Crippen molar-refractivity contribution in [3.63, 3.8) is 0 Å². The van der Waals surface area contributed by atoms with Crippen LogP contribution in [0.1, 0.15) is 46.5 Å². The second kappa shape index (κ2) is 8.67. The molecule has 4 aliphatic rings. The summed E-state index contributed by atoms with van der Waals surface area (Å²) in [4.78, 5) is 27.8. The molecule has 0 amide bonds. The van der Waals surface area contributed by atoms with Gasteiger partial charge in [0.2, 0.25) is 17.0 Å². The highest BCUT2D eigenvalue weighted by molar-refractivity contribution is 6.10. The number of benzene rings is 3. The van der Waals surface area contributed by atoms with Gasteiger partial charge in [0.1, 0.15) is 64.5 Å². The molecule has 3 aromatic rings. The average molecular weight is 563 g/mol. The zero-order valence-electron chi connectivity index (χ0n) is 21.4. The average Bonchev–Trinajstić information content (AvgIpc) is 3.19. The molecule has 8 atom stereocenters. The van der Waals surface area contributed by atoms with Crippen molar-refractivity contribution < 1.29 is 54.4 Å². The van der Waals surface area contributed by atoms with Gasteiger partial charge in [0.15, 0.2) is 0 Å². The Balaban J connectivity index is 1.44. The third-order valence-electron chi connectivity index (χ3n) is 8.82. The van der Waals surface area contributed by atoms with Gasteiger partial charge in [-0.15, -0.1) is 0 Å². The molecule has 6 N–H and O–H groups in total. The predicted octanol–water partition coefficient (Wildman–Crippen LogP) is 2.17. The highest BCUT2D eigenvalue weighted by atomic mass is 16.6. The monoisotopic (exact) mass is 562 g/mol. The van der Waals surface area contributed by atoms with Gasteiger partial charge in [-0.3, -0.25) is 9.59 Å². The van der Waals surface area contributed by atoms with Gasteiger partial charge in [0.25, 0.3) is 0 Å². The lowest BCUT2D eigenvalue weighted by atomic mass is 9.59. The Labute approximate surface area is 232 Å². The van der Waals surface area contributed by atoms with Gasteiger partial charge in [-0.2, -0.15) is 0 Å². The van der Waals surface area contributed by atoms with E-state index in [1.165, 1.54) is 36.4 Å². The molecule has 11 nitrogen and oxygen atoms in total. The number of phenols is 4. The Hall–Kier alpha value is -4.16. The minimum Gasteiger partial charge on any atom is -0.508 e. The predicted molar refractivity (Wildman–Crippen MR) is 138 cm³/mol. The summed E-state index contributed by atoms with van der Waals surface area (Å²) in [6, 6.07) is 13.7. The fraction of sp³-hybridized carbons (Fsp3) is 0.333. The summed E-state index contributed by atoms with van der Waals surface area (Å²) in [5.41, 5.74) is -4.19. The maximum absolute atomic E-state index is 14.3. The topological polar surface area (TPSA) is 183 Å². The van der Waals surface area contributed by atoms with Crippen molar-refractivity contribution in [1.82, 2.24) is 0 Å². The summed E-state index contributed by atoms with van der Waals surface area (Å²) >= 11 is 0. The number of carbonyl (C=O) groups excluding carboxylic acids is 2. The van der Waals surface area contributed by atoms with Crippen LogP contribution in [-0.2, 0) is 14.3 Å². The third-order valence-corrected chi connectivity index (χ3v) is 8.82. The van der Waals surface area contributed by atoms with Crippen molar-refractivity contribution >= 4 is 11.6 Å². The van der Waals surface area contributed by atoms with Gasteiger partial charge >= 0.3 is 0 Å². The Morgan fingerprint density at radius 1 is 0.805 bits per heavy atom. The van der Waals surface area contributed by atoms with Crippen LogP contribution >= 0.6 is 0 Å². The molecule has 0 aromatic heterocycles. The lowest BCUT2D eigenvalue weighted by molar-refractivity contribution is -0.254. The molecule has 1 saturated carbocycles. The number of fused-ring (bicyclic) bond motifs is 2. The van der Waals surface area contributed by atoms with Crippen LogP contribution in [-0.4, -0.2) is 71.7 Å². The molecule has 2 saturated heterocycles. The van der Waals surface area contributed by atoms with Gasteiger partial charge in [0, 0.05) is 18.6 Å². The standard InChI is InChI=1S/C30H26O11/c31-15-5-1-13(2-6-15)25-21(36)11-18-19(34)12-23-30(28(18)40-25)29(38,27(39-23)14-3-7-16(32)8-4-14)26(37)24-20(35)9-17(33)10-22(24)41-30/h1-10,18,21,23,25,27-28,31-33,35-36,38H,11-12H2/t18?,21-,23?,25+,27-,28?,29+,30-/m0/s1. The summed E-state index contributed by atoms with van der Waals surface area (Å²) in [7, 11) is 0. The summed E-state index contributed by atoms with van der Waals surface area (Å²) in [5, 5.41) is 64.2. The van der Waals surface area contributed by atoms with Crippen LogP contribution in [0, 0.1) is 5.92 Å². The molecular weight excluding hydrogens is 536 g/mol. The lowest BCUT2D eigenvalue weighted by Gasteiger charge is -2.56. The highest BCUT2D eigenvalue weighted by Gasteiger charge is 2.81. The number of aromatic hydroxyl groups is 4. The van der Waals surface area contributed by atoms with Crippen LogP contribution in [0.5, 0.6) is 28.7 Å². The van der Waals surface area contributed by atoms with E-state index in [4.69, 9.17) is 14.2 Å². The number of hydrogen-bond acceptors (Lipinski definition) is 11. The molecule has 0 bridgehead atoms. The maximum Gasteiger partial charge on any atom is 0.209 e. The van der Waals surface area contributed by atoms with Crippen LogP contribution in [0.2, 0.25) is 0 Å². The number of aliphatic hydroxyl groups is 2. The normalized spacial score (nSPS) is 35.6. The molecular formula is C30H26O11. The fourth-order valence-corrected chi connectivity index (χ4v) is 7.00. The maximum atomic E-state index is 14.3. The van der Waals surface area contributed by atoms with E-state index in [0.717, 1.165) is 12.1 Å². The van der Waals surface area contributed by atoms with Crippen molar-refractivity contribution in [2.24, 2.45) is 5.92 Å². The number of ketones is 2. The molecule has 212 valence electrons. The van der Waals surface area contributed by atoms with E-state index in [-0.39, 0.29) is 41.4 Å². The minimum absolute atomic E-state index is 0.00355. The largest absolute Gasteiger partial charge is 0.508 e. The highest BCUT2D eigenvalue weighted by Crippen LogP contribution is 2.63. The molecule has 3 aromatic carbocycles. The van der Waals surface area contributed by atoms with E-state index < -0.39 is 64.9 Å². The third kappa shape index (κ3) is 3.40. The molecule has 3 fully saturated rings. The van der Waals surface area contributed by atoms with E-state index in [2.05, 4.69) is 0 Å². The fourth-order valence-electron chi connectivity index (χ4n) is 7.00. The SMILES string of the molecule is O=C1CC2O[C@@H](c3ccc(O)cc3)[C@]3(O)C(=O)c4c(O)cc(O)cc4O[C@]23C2O[C@H](c3ccc(O)cc3)[C@@H](O)CC12. The van der Waals surface area contributed by atoms with E-state index in [0.29, 0.717) is 11.1 Å². The smallest absolute Gasteiger partial charge is 0.209 e. The van der Waals surface area contributed by atoms with Crippen molar-refractivity contribution in [2.45, 2.75) is 54.6 Å². The molecule has 3 unspecified atom stereocenters. The van der Waals surface area contributed by atoms with Crippen LogP contribution in [0.3, 0.4) is 0 Å². The van der Waals surface area contributed by atoms with Crippen LogP contribution in [0.4, 0.5) is 0 Å². The van der Waals surface area contributed by atoms with Gasteiger partial charge in [0.05, 0.1) is 12.0 Å². The van der Waals surface area contributed by atoms with E-state index in [1.54, 1.807) is 12.1 Å². The van der Waals surface area contributed by atoms with Crippen molar-refractivity contribution in [3.8, 4) is 28.7 Å². The van der Waals surface area contributed by atoms with Gasteiger partial charge in [-0.05, 0) is 41.8 Å². The molecule has 11 heteroatoms. The van der Waals surface area contributed by atoms with E-state index >= 15 is 0 Å². The lowest BCUT2D eigenvalue weighted by Crippen LogP contribution is -2.77. The van der Waals surface area contributed by atoms with Gasteiger partial charge < -0.3 is 44.8 Å². The van der Waals surface area contributed by atoms with E-state index in [1.807, 2.05) is 0 Å². The zero-order valence-corrected chi connectivity index (χ0v) is 21.4. The van der Waals surface area contributed by atoms with Crippen molar-refractivity contribution in [2.75, 3.05) is 0 Å². The number of Topliss-reactive ketones (excluding diaryl/α,β-unsaturated/α-hetero) is 2. The first-order chi connectivity index (χ1) is 19.5. The second-order valence-electron chi connectivity index (χ2n) is 11.1. The quantitative estimate of drug-likeness (QED) is 0.269. The van der Waals surface area contributed by atoms with Crippen molar-refractivity contribution in [1.29, 1.82) is 0 Å². The molecule has 1 aliphatic carbocycles. The van der Waals surface area contributed by atoms with Gasteiger partial charge in [-0.25, -0.2) is 0 Å². The first-order valence-corrected chi connectivity index (χ1v) is 13.2. The molecule has 1 spiro atoms. The van der Waals surface area contributed by atoms with Crippen LogP contribution in [0.15, 0.2) is 60.7 Å². The number of hydrogen-bond donors (Lipinski definition) is 6. The van der Waals surface area contributed by atoms with Gasteiger partial charge in [-0.1, -0.05) is 24.3 Å². The Kier molecular flexibility index (Phi) is 5.45. The minimum atomic E-state index is -2.55. The molecule has 3 aliphatic heterocycles. The molecule has 7 rings (SSSR count). The summed E-state index contributed by atoms with van der Waals surface area (Å²) < 4.78 is 19.2. The second-order valence-corrected chi connectivity index (χ2v) is 11.1. The van der Waals surface area contributed by atoms with E-state index in [9.17, 15) is 40.2 Å². The first kappa shape index (κ1) is 25.8. The Morgan fingerprint density at radius 3 is 2.10 bits per heavy atom. The summed E-state index contributed by atoms with van der Waals surface area (Å²) in [5.74, 6) is -3.57.